The molecule has 0 bridgehead atoms. The minimum atomic E-state index is -0.745. The van der Waals surface area contributed by atoms with Gasteiger partial charge in [-0.2, -0.15) is 0 Å². The Labute approximate surface area is 120 Å². The Morgan fingerprint density at radius 2 is 0.750 bits per heavy atom. The van der Waals surface area contributed by atoms with Gasteiger partial charge >= 0.3 is 17.9 Å². The van der Waals surface area contributed by atoms with Crippen molar-refractivity contribution in [3.05, 3.63) is 0 Å². The summed E-state index contributed by atoms with van der Waals surface area (Å²) in [5, 5.41) is 23.2. The number of hydrogen-bond acceptors (Lipinski definition) is 3. The van der Waals surface area contributed by atoms with Gasteiger partial charge in [0.05, 0.1) is 0 Å². The zero-order valence-corrected chi connectivity index (χ0v) is 12.6. The molecule has 0 aromatic rings. The summed E-state index contributed by atoms with van der Waals surface area (Å²) in [6.45, 7) is 4.80. The van der Waals surface area contributed by atoms with E-state index in [2.05, 4.69) is 0 Å². The van der Waals surface area contributed by atoms with Crippen molar-refractivity contribution in [3.63, 3.8) is 0 Å². The summed E-state index contributed by atoms with van der Waals surface area (Å²) in [6.07, 6.45) is 0.667. The maximum Gasteiger partial charge on any atom is 0.303 e. The van der Waals surface area contributed by atoms with Crippen molar-refractivity contribution in [2.75, 3.05) is 0 Å². The van der Waals surface area contributed by atoms with Crippen molar-refractivity contribution in [3.8, 4) is 0 Å². The van der Waals surface area contributed by atoms with Gasteiger partial charge in [0.2, 0.25) is 0 Å². The van der Waals surface area contributed by atoms with Crippen molar-refractivity contribution in [1.82, 2.24) is 0 Å². The van der Waals surface area contributed by atoms with Gasteiger partial charge in [-0.1, -0.05) is 20.8 Å². The van der Waals surface area contributed by atoms with E-state index in [0.717, 1.165) is 0 Å². The fraction of sp³-hybridized carbons (Fsp3) is 0.667. The molecule has 0 atom stereocenters. The largest absolute Gasteiger partial charge is 0.481 e. The maximum absolute atomic E-state index is 9.37. The van der Waals surface area contributed by atoms with Crippen LogP contribution in [0.1, 0.15) is 40.0 Å². The summed E-state index contributed by atoms with van der Waals surface area (Å²) in [4.78, 5) is 28.1. The van der Waals surface area contributed by atoms with E-state index in [1.165, 1.54) is 0 Å². The Hall–Kier alpha value is -0.486. The average Bonchev–Trinajstić information content (AvgIpc) is 2.19. The summed E-state index contributed by atoms with van der Waals surface area (Å²) in [7, 11) is 0. The van der Waals surface area contributed by atoms with Crippen molar-refractivity contribution in [2.24, 2.45) is 0 Å². The van der Waals surface area contributed by atoms with Gasteiger partial charge in [0.25, 0.3) is 0 Å². The fourth-order valence-electron chi connectivity index (χ4n) is 0. The van der Waals surface area contributed by atoms with Crippen LogP contribution in [0.25, 0.3) is 0 Å². The van der Waals surface area contributed by atoms with E-state index in [1.54, 1.807) is 20.8 Å². The molecule has 0 aliphatic rings. The molecule has 0 aliphatic carbocycles. The van der Waals surface area contributed by atoms with Crippen LogP contribution in [0, 0.1) is 0 Å². The molecule has 0 amide bonds. The van der Waals surface area contributed by atoms with Crippen LogP contribution < -0.4 is 0 Å². The number of carboxylic acid groups (broad SMARTS) is 3. The monoisotopic (exact) mass is 311 g/mol. The first-order valence-corrected chi connectivity index (χ1v) is 4.47. The Kier molecular flexibility index (Phi) is 30.8. The van der Waals surface area contributed by atoms with Gasteiger partial charge in [0, 0.05) is 52.0 Å². The van der Waals surface area contributed by atoms with Crippen LogP contribution in [0.4, 0.5) is 0 Å². The predicted molar refractivity (Wildman–Crippen MR) is 53.8 cm³/mol. The standard InChI is InChI=1S/3C3H6O2.Y/c3*1-2-3(4)5;/h3*2H2,1H3,(H,4,5);. The molecule has 6 nitrogen and oxygen atoms in total. The number of carbonyl (C=O) groups is 3. The normalized spacial score (nSPS) is 6.94. The Morgan fingerprint density at radius 3 is 0.750 bits per heavy atom. The zero-order chi connectivity index (χ0) is 12.9. The zero-order valence-electron chi connectivity index (χ0n) is 9.77. The van der Waals surface area contributed by atoms with Crippen molar-refractivity contribution >= 4 is 17.9 Å². The smallest absolute Gasteiger partial charge is 0.303 e. The third kappa shape index (κ3) is 69.6. The molecule has 7 heteroatoms. The van der Waals surface area contributed by atoms with Crippen LogP contribution in [0.5, 0.6) is 0 Å². The number of rotatable bonds is 3. The molecule has 0 fully saturated rings. The van der Waals surface area contributed by atoms with Crippen molar-refractivity contribution in [1.29, 1.82) is 0 Å². The molecule has 3 N–H and O–H groups in total. The summed E-state index contributed by atoms with van der Waals surface area (Å²) in [6, 6.07) is 0. The van der Waals surface area contributed by atoms with Gasteiger partial charge in [-0.15, -0.1) is 0 Å². The quantitative estimate of drug-likeness (QED) is 0.727. The van der Waals surface area contributed by atoms with Gasteiger partial charge in [-0.05, 0) is 0 Å². The summed E-state index contributed by atoms with van der Waals surface area (Å²) in [5.74, 6) is -2.24. The first-order valence-electron chi connectivity index (χ1n) is 4.47. The van der Waals surface area contributed by atoms with Crippen LogP contribution in [0.3, 0.4) is 0 Å². The molecule has 0 rings (SSSR count). The number of carboxylic acids is 3. The molecule has 0 aliphatic heterocycles. The van der Waals surface area contributed by atoms with Gasteiger partial charge in [-0.3, -0.25) is 14.4 Å². The summed E-state index contributed by atoms with van der Waals surface area (Å²) >= 11 is 0. The van der Waals surface area contributed by atoms with Gasteiger partial charge in [0.1, 0.15) is 0 Å². The molecule has 1 radical (unpaired) electrons. The molecule has 0 spiro atoms. The molecule has 0 saturated carbocycles. The topological polar surface area (TPSA) is 112 Å². The van der Waals surface area contributed by atoms with E-state index in [4.69, 9.17) is 15.3 Å². The van der Waals surface area contributed by atoms with Gasteiger partial charge < -0.3 is 15.3 Å². The molecular weight excluding hydrogens is 293 g/mol. The number of hydrogen-bond donors (Lipinski definition) is 3. The molecule has 16 heavy (non-hydrogen) atoms. The average molecular weight is 311 g/mol. The maximum atomic E-state index is 9.37. The van der Waals surface area contributed by atoms with Gasteiger partial charge in [0.15, 0.2) is 0 Å². The summed E-state index contributed by atoms with van der Waals surface area (Å²) in [5.41, 5.74) is 0. The Balaban J connectivity index is -0.0000000655. The van der Waals surface area contributed by atoms with Gasteiger partial charge in [-0.25, -0.2) is 0 Å². The van der Waals surface area contributed by atoms with E-state index >= 15 is 0 Å². The van der Waals surface area contributed by atoms with Crippen LogP contribution in [0.2, 0.25) is 0 Å². The van der Waals surface area contributed by atoms with E-state index in [-0.39, 0.29) is 52.0 Å². The van der Waals surface area contributed by atoms with Crippen LogP contribution in [0.15, 0.2) is 0 Å². The molecule has 0 unspecified atom stereocenters. The summed E-state index contributed by atoms with van der Waals surface area (Å²) < 4.78 is 0. The minimum absolute atomic E-state index is 0. The van der Waals surface area contributed by atoms with E-state index in [1.807, 2.05) is 0 Å². The second kappa shape index (κ2) is 20.0. The predicted octanol–water partition coefficient (Wildman–Crippen LogP) is 1.44. The van der Waals surface area contributed by atoms with Crippen molar-refractivity contribution in [2.45, 2.75) is 40.0 Å². The Morgan fingerprint density at radius 1 is 0.688 bits per heavy atom. The molecule has 0 aromatic carbocycles. The van der Waals surface area contributed by atoms with E-state index < -0.39 is 17.9 Å². The van der Waals surface area contributed by atoms with Crippen LogP contribution in [-0.4, -0.2) is 33.2 Å². The van der Waals surface area contributed by atoms with Crippen LogP contribution in [-0.2, 0) is 47.1 Å². The van der Waals surface area contributed by atoms with Crippen molar-refractivity contribution < 1.29 is 62.4 Å². The third-order valence-electron chi connectivity index (χ3n) is 0.907. The second-order valence-corrected chi connectivity index (χ2v) is 2.24. The van der Waals surface area contributed by atoms with Crippen LogP contribution >= 0.6 is 0 Å². The van der Waals surface area contributed by atoms with E-state index in [9.17, 15) is 14.4 Å². The third-order valence-corrected chi connectivity index (χ3v) is 0.907. The first kappa shape index (κ1) is 24.7. The second-order valence-electron chi connectivity index (χ2n) is 2.24. The number of aliphatic carboxylic acids is 3. The first-order chi connectivity index (χ1) is 6.81. The fourth-order valence-corrected chi connectivity index (χ4v) is 0. The minimum Gasteiger partial charge on any atom is -0.481 e. The molecule has 0 aromatic heterocycles. The molecule has 93 valence electrons. The van der Waals surface area contributed by atoms with E-state index in [0.29, 0.717) is 0 Å². The Bertz CT molecular complexity index is 159. The molecule has 0 heterocycles. The molecule has 0 saturated heterocycles. The molecular formula is C9H18O6Y. The SMILES string of the molecule is CCC(=O)O.CCC(=O)O.CCC(=O)O.[Y].